The average Bonchev–Trinajstić information content (AvgIpc) is 3.05. The maximum absolute atomic E-state index is 13.7. The molecule has 0 aliphatic carbocycles. The minimum absolute atomic E-state index is 0.0169. The fourth-order valence-corrected chi connectivity index (χ4v) is 3.50. The van der Waals surface area contributed by atoms with Crippen LogP contribution >= 0.6 is 0 Å². The summed E-state index contributed by atoms with van der Waals surface area (Å²) in [5.74, 6) is -1.18. The van der Waals surface area contributed by atoms with Crippen LogP contribution in [0, 0.1) is 22.6 Å². The minimum Gasteiger partial charge on any atom is -0.272 e. The van der Waals surface area contributed by atoms with Crippen molar-refractivity contribution in [1.29, 1.82) is 5.26 Å². The van der Waals surface area contributed by atoms with E-state index in [0.717, 1.165) is 6.07 Å². The van der Waals surface area contributed by atoms with E-state index in [0.29, 0.717) is 18.5 Å². The van der Waals surface area contributed by atoms with Crippen molar-refractivity contribution in [2.75, 3.05) is 13.1 Å². The van der Waals surface area contributed by atoms with Crippen molar-refractivity contribution >= 4 is 5.91 Å². The molecule has 4 nitrogen and oxygen atoms in total. The highest BCUT2D eigenvalue weighted by Gasteiger charge is 2.59. The Hall–Kier alpha value is -2.07. The van der Waals surface area contributed by atoms with Gasteiger partial charge in [0.1, 0.15) is 11.2 Å². The summed E-state index contributed by atoms with van der Waals surface area (Å²) in [4.78, 5) is 12.7. The third-order valence-electron chi connectivity index (χ3n) is 4.84. The van der Waals surface area contributed by atoms with Crippen molar-refractivity contribution in [3.63, 3.8) is 0 Å². The number of hydrogen-bond acceptors (Lipinski definition) is 3. The van der Waals surface area contributed by atoms with Crippen LogP contribution in [-0.2, 0) is 4.79 Å². The summed E-state index contributed by atoms with van der Waals surface area (Å²) in [5, 5.41) is 11.9. The zero-order valence-electron chi connectivity index (χ0n) is 12.6. The number of halogens is 3. The second-order valence-electron chi connectivity index (χ2n) is 6.04. The highest BCUT2D eigenvalue weighted by molar-refractivity contribution is 5.85. The Kier molecular flexibility index (Phi) is 3.80. The molecule has 1 aromatic carbocycles. The summed E-state index contributed by atoms with van der Waals surface area (Å²) in [6, 6.07) is 5.25. The first-order valence-electron chi connectivity index (χ1n) is 7.50. The summed E-state index contributed by atoms with van der Waals surface area (Å²) < 4.78 is 40.6. The molecule has 0 aromatic heterocycles. The molecule has 1 amide bonds. The zero-order valence-corrected chi connectivity index (χ0v) is 12.6. The summed E-state index contributed by atoms with van der Waals surface area (Å²) in [6.07, 6.45) is -2.16. The molecule has 0 N–H and O–H groups in total. The lowest BCUT2D eigenvalue weighted by molar-refractivity contribution is -0.148. The van der Waals surface area contributed by atoms with Gasteiger partial charge in [0.15, 0.2) is 0 Å². The fraction of sp³-hybridized carbons (Fsp3) is 0.500. The normalized spacial score (nSPS) is 27.6. The molecule has 2 fully saturated rings. The molecule has 2 aliphatic rings. The van der Waals surface area contributed by atoms with Gasteiger partial charge in [0, 0.05) is 13.1 Å². The van der Waals surface area contributed by atoms with Gasteiger partial charge in [0.05, 0.1) is 17.7 Å². The molecule has 0 saturated carbocycles. The van der Waals surface area contributed by atoms with Crippen LogP contribution in [0.1, 0.15) is 36.9 Å². The molecular weight excluding hydrogens is 307 g/mol. The van der Waals surface area contributed by atoms with Crippen molar-refractivity contribution in [1.82, 2.24) is 10.0 Å². The Bertz CT molecular complexity index is 688. The molecule has 23 heavy (non-hydrogen) atoms. The zero-order chi connectivity index (χ0) is 16.8. The Morgan fingerprint density at radius 3 is 2.78 bits per heavy atom. The molecule has 0 spiro atoms. The number of rotatable bonds is 3. The van der Waals surface area contributed by atoms with Crippen molar-refractivity contribution in [2.24, 2.45) is 5.41 Å². The number of fused-ring (bicyclic) bond motifs is 1. The smallest absolute Gasteiger partial charge is 0.254 e. The lowest BCUT2D eigenvalue weighted by Crippen LogP contribution is -2.41. The minimum atomic E-state index is -2.74. The van der Waals surface area contributed by atoms with Crippen LogP contribution in [0.4, 0.5) is 13.2 Å². The Morgan fingerprint density at radius 1 is 1.43 bits per heavy atom. The molecule has 3 rings (SSSR count). The van der Waals surface area contributed by atoms with E-state index in [4.69, 9.17) is 5.26 Å². The molecule has 1 unspecified atom stereocenters. The standard InChI is InChI=1S/C16H16F3N3O/c1-2-16(14(18)19)9-21-4-3-13(22(21)15(16)23)11-5-10(8-20)6-12(17)7-11/h5-7,13-14H,2-4,9H2,1H3/t13-,16?/m1/s1. The lowest BCUT2D eigenvalue weighted by Gasteiger charge is -2.27. The molecule has 2 heterocycles. The largest absolute Gasteiger partial charge is 0.272 e. The summed E-state index contributed by atoms with van der Waals surface area (Å²) in [6.45, 7) is 2.03. The van der Waals surface area contributed by atoms with E-state index in [1.165, 1.54) is 17.1 Å². The van der Waals surface area contributed by atoms with E-state index < -0.39 is 29.6 Å². The molecule has 0 radical (unpaired) electrons. The molecule has 122 valence electrons. The van der Waals surface area contributed by atoms with Crippen LogP contribution in [0.15, 0.2) is 18.2 Å². The number of hydrazine groups is 1. The van der Waals surface area contributed by atoms with Gasteiger partial charge in [-0.15, -0.1) is 0 Å². The number of nitriles is 1. The van der Waals surface area contributed by atoms with Gasteiger partial charge in [-0.05, 0) is 36.6 Å². The number of nitrogens with zero attached hydrogens (tertiary/aromatic N) is 3. The van der Waals surface area contributed by atoms with Crippen molar-refractivity contribution in [2.45, 2.75) is 32.2 Å². The summed E-state index contributed by atoms with van der Waals surface area (Å²) in [7, 11) is 0. The first kappa shape index (κ1) is 15.8. The number of benzene rings is 1. The number of amides is 1. The van der Waals surface area contributed by atoms with Crippen molar-refractivity contribution < 1.29 is 18.0 Å². The predicted molar refractivity (Wildman–Crippen MR) is 75.6 cm³/mol. The van der Waals surface area contributed by atoms with Gasteiger partial charge >= 0.3 is 0 Å². The van der Waals surface area contributed by atoms with Crippen LogP contribution in [0.2, 0.25) is 0 Å². The number of alkyl halides is 2. The topological polar surface area (TPSA) is 47.3 Å². The maximum Gasteiger partial charge on any atom is 0.254 e. The molecule has 2 atom stereocenters. The molecule has 2 aliphatic heterocycles. The molecular formula is C16H16F3N3O. The second-order valence-corrected chi connectivity index (χ2v) is 6.04. The number of carbonyl (C=O) groups is 1. The van der Waals surface area contributed by atoms with Crippen LogP contribution in [-0.4, -0.2) is 35.4 Å². The Labute approximate surface area is 132 Å². The van der Waals surface area contributed by atoms with Gasteiger partial charge in [0.25, 0.3) is 12.3 Å². The first-order chi connectivity index (χ1) is 10.9. The SMILES string of the molecule is CCC1(C(F)F)CN2CC[C@H](c3cc(F)cc(C#N)c3)N2C1=O. The number of carbonyl (C=O) groups excluding carboxylic acids is 1. The summed E-state index contributed by atoms with van der Waals surface area (Å²) in [5.41, 5.74) is -1.07. The molecule has 7 heteroatoms. The van der Waals surface area contributed by atoms with Crippen molar-refractivity contribution in [3.8, 4) is 6.07 Å². The predicted octanol–water partition coefficient (Wildman–Crippen LogP) is 2.86. The van der Waals surface area contributed by atoms with Crippen molar-refractivity contribution in [3.05, 3.63) is 35.1 Å². The van der Waals surface area contributed by atoms with Gasteiger partial charge in [-0.25, -0.2) is 18.2 Å². The fourth-order valence-electron chi connectivity index (χ4n) is 3.50. The van der Waals surface area contributed by atoms with E-state index in [1.54, 1.807) is 11.9 Å². The highest BCUT2D eigenvalue weighted by Crippen LogP contribution is 2.46. The van der Waals surface area contributed by atoms with E-state index in [9.17, 15) is 18.0 Å². The third kappa shape index (κ3) is 2.29. The van der Waals surface area contributed by atoms with E-state index in [2.05, 4.69) is 0 Å². The third-order valence-corrected chi connectivity index (χ3v) is 4.84. The van der Waals surface area contributed by atoms with Crippen LogP contribution in [0.25, 0.3) is 0 Å². The lowest BCUT2D eigenvalue weighted by atomic mass is 9.84. The van der Waals surface area contributed by atoms with Gasteiger partial charge in [-0.3, -0.25) is 9.80 Å². The Morgan fingerprint density at radius 2 is 2.17 bits per heavy atom. The van der Waals surface area contributed by atoms with E-state index in [1.807, 2.05) is 6.07 Å². The van der Waals surface area contributed by atoms with Crippen LogP contribution in [0.5, 0.6) is 0 Å². The maximum atomic E-state index is 13.7. The van der Waals surface area contributed by atoms with Crippen LogP contribution in [0.3, 0.4) is 0 Å². The van der Waals surface area contributed by atoms with Gasteiger partial charge in [0.2, 0.25) is 0 Å². The van der Waals surface area contributed by atoms with Gasteiger partial charge in [-0.2, -0.15) is 5.26 Å². The number of hydrogen-bond donors (Lipinski definition) is 0. The second kappa shape index (κ2) is 5.53. The summed E-state index contributed by atoms with van der Waals surface area (Å²) >= 11 is 0. The van der Waals surface area contributed by atoms with Crippen LogP contribution < -0.4 is 0 Å². The molecule has 0 bridgehead atoms. The average molecular weight is 323 g/mol. The monoisotopic (exact) mass is 323 g/mol. The molecule has 2 saturated heterocycles. The Balaban J connectivity index is 1.98. The first-order valence-corrected chi connectivity index (χ1v) is 7.50. The quantitative estimate of drug-likeness (QED) is 0.859. The van der Waals surface area contributed by atoms with E-state index in [-0.39, 0.29) is 18.5 Å². The molecule has 1 aromatic rings. The van der Waals surface area contributed by atoms with Gasteiger partial charge < -0.3 is 0 Å². The highest BCUT2D eigenvalue weighted by atomic mass is 19.3. The van der Waals surface area contributed by atoms with E-state index >= 15 is 0 Å². The van der Waals surface area contributed by atoms with Gasteiger partial charge in [-0.1, -0.05) is 6.92 Å².